The molecule has 0 unspecified atom stereocenters. The quantitative estimate of drug-likeness (QED) is 0.187. The molecule has 2 aromatic rings. The van der Waals surface area contributed by atoms with E-state index in [2.05, 4.69) is 89.7 Å². The van der Waals surface area contributed by atoms with Gasteiger partial charge < -0.3 is 13.6 Å². The summed E-state index contributed by atoms with van der Waals surface area (Å²) in [5, 5.41) is 0.158. The summed E-state index contributed by atoms with van der Waals surface area (Å²) in [5.74, 6) is 1.31. The second-order valence-electron chi connectivity index (χ2n) is 12.0. The predicted molar refractivity (Wildman–Crippen MR) is 157 cm³/mol. The minimum absolute atomic E-state index is 0.0577. The standard InChI is InChI=1S/C28H41BrO4Si2/c1-27(2,3)34(8,9)32-23-16-14-20(25(19-23)33-35(10,11)28(4,5)6)12-13-21-18-22(26(30)31-7)15-17-24(21)29/h12-19H,1-11H3. The minimum atomic E-state index is -2.09. The fourth-order valence-corrected chi connectivity index (χ4v) is 5.21. The number of carbonyl (C=O) groups is 1. The molecule has 0 radical (unpaired) electrons. The van der Waals surface area contributed by atoms with Crippen LogP contribution < -0.4 is 8.85 Å². The number of methoxy groups -OCH3 is 1. The fourth-order valence-electron chi connectivity index (χ4n) is 2.78. The summed E-state index contributed by atoms with van der Waals surface area (Å²) in [6, 6.07) is 11.5. The smallest absolute Gasteiger partial charge is 0.337 e. The highest BCUT2D eigenvalue weighted by Gasteiger charge is 2.40. The van der Waals surface area contributed by atoms with Gasteiger partial charge in [0.15, 0.2) is 0 Å². The molecule has 0 atom stereocenters. The van der Waals surface area contributed by atoms with E-state index in [0.717, 1.165) is 27.1 Å². The van der Waals surface area contributed by atoms with Crippen LogP contribution in [0.3, 0.4) is 0 Å². The van der Waals surface area contributed by atoms with Crippen molar-refractivity contribution >= 4 is 50.7 Å². The second-order valence-corrected chi connectivity index (χ2v) is 22.3. The van der Waals surface area contributed by atoms with Gasteiger partial charge in [0.05, 0.1) is 12.7 Å². The SMILES string of the molecule is COC(=O)c1ccc(Br)c(C=Cc2ccc(O[Si](C)(C)C(C)(C)C)cc2O[Si](C)(C)C(C)(C)C)c1. The molecule has 0 saturated carbocycles. The van der Waals surface area contributed by atoms with Crippen LogP contribution in [0.4, 0.5) is 0 Å². The van der Waals surface area contributed by atoms with Crippen molar-refractivity contribution in [2.75, 3.05) is 7.11 Å². The highest BCUT2D eigenvalue weighted by Crippen LogP contribution is 2.41. The lowest BCUT2D eigenvalue weighted by molar-refractivity contribution is 0.0600. The third-order valence-corrected chi connectivity index (χ3v) is 16.6. The Kier molecular flexibility index (Phi) is 8.94. The van der Waals surface area contributed by atoms with Gasteiger partial charge in [0, 0.05) is 16.1 Å². The zero-order valence-corrected chi connectivity index (χ0v) is 26.7. The van der Waals surface area contributed by atoms with Gasteiger partial charge in [0.2, 0.25) is 8.32 Å². The predicted octanol–water partition coefficient (Wildman–Crippen LogP) is 9.17. The van der Waals surface area contributed by atoms with Gasteiger partial charge in [-0.2, -0.15) is 0 Å². The molecular weight excluding hydrogens is 536 g/mol. The first-order valence-corrected chi connectivity index (χ1v) is 18.6. The first-order valence-electron chi connectivity index (χ1n) is 12.0. The Bertz CT molecular complexity index is 1090. The average molecular weight is 578 g/mol. The monoisotopic (exact) mass is 576 g/mol. The Morgan fingerprint density at radius 1 is 0.800 bits per heavy atom. The van der Waals surface area contributed by atoms with E-state index in [4.69, 9.17) is 13.6 Å². The second kappa shape index (κ2) is 10.6. The van der Waals surface area contributed by atoms with E-state index in [0.29, 0.717) is 5.56 Å². The summed E-state index contributed by atoms with van der Waals surface area (Å²) in [7, 11) is -2.70. The molecule has 2 aromatic carbocycles. The molecule has 2 rings (SSSR count). The molecule has 35 heavy (non-hydrogen) atoms. The lowest BCUT2D eigenvalue weighted by Gasteiger charge is -2.38. The number of hydrogen-bond donors (Lipinski definition) is 0. The number of esters is 1. The highest BCUT2D eigenvalue weighted by molar-refractivity contribution is 9.10. The third kappa shape index (κ3) is 7.34. The van der Waals surface area contributed by atoms with Crippen molar-refractivity contribution in [2.24, 2.45) is 0 Å². The summed E-state index contributed by atoms with van der Waals surface area (Å²) >= 11 is 3.59. The number of rotatable bonds is 7. The van der Waals surface area contributed by atoms with E-state index in [9.17, 15) is 4.79 Å². The molecule has 0 aromatic heterocycles. The Labute approximate surface area is 222 Å². The topological polar surface area (TPSA) is 44.8 Å². The van der Waals surface area contributed by atoms with Crippen molar-refractivity contribution in [3.05, 3.63) is 57.6 Å². The van der Waals surface area contributed by atoms with Crippen LogP contribution in [0.5, 0.6) is 11.5 Å². The van der Waals surface area contributed by atoms with Crippen LogP contribution in [0.15, 0.2) is 40.9 Å². The van der Waals surface area contributed by atoms with Crippen LogP contribution in [0.2, 0.25) is 36.3 Å². The van der Waals surface area contributed by atoms with Crippen LogP contribution in [0.1, 0.15) is 63.0 Å². The Hall–Kier alpha value is -1.84. The number of halogens is 1. The largest absolute Gasteiger partial charge is 0.543 e. The van der Waals surface area contributed by atoms with Crippen LogP contribution >= 0.6 is 15.9 Å². The third-order valence-electron chi connectivity index (χ3n) is 7.20. The number of ether oxygens (including phenoxy) is 1. The van der Waals surface area contributed by atoms with Crippen molar-refractivity contribution in [3.8, 4) is 11.5 Å². The Morgan fingerprint density at radius 2 is 1.34 bits per heavy atom. The fraction of sp³-hybridized carbons (Fsp3) is 0.464. The number of hydrogen-bond acceptors (Lipinski definition) is 4. The maximum Gasteiger partial charge on any atom is 0.337 e. The van der Waals surface area contributed by atoms with Crippen LogP contribution in [-0.4, -0.2) is 29.7 Å². The van der Waals surface area contributed by atoms with Crippen molar-refractivity contribution in [1.29, 1.82) is 0 Å². The normalized spacial score (nSPS) is 13.1. The zero-order chi connectivity index (χ0) is 26.8. The molecule has 0 spiro atoms. The Morgan fingerprint density at radius 3 is 1.89 bits per heavy atom. The summed E-state index contributed by atoms with van der Waals surface area (Å²) in [6.07, 6.45) is 4.01. The molecule has 0 fully saturated rings. The number of carbonyl (C=O) groups excluding carboxylic acids is 1. The molecule has 0 amide bonds. The van der Waals surface area contributed by atoms with Crippen molar-refractivity contribution in [1.82, 2.24) is 0 Å². The lowest BCUT2D eigenvalue weighted by Crippen LogP contribution is -2.44. The molecular formula is C28H41BrO4Si2. The molecule has 0 bridgehead atoms. The first kappa shape index (κ1) is 29.4. The lowest BCUT2D eigenvalue weighted by atomic mass is 10.1. The van der Waals surface area contributed by atoms with Gasteiger partial charge in [-0.15, -0.1) is 0 Å². The van der Waals surface area contributed by atoms with Gasteiger partial charge in [-0.3, -0.25) is 0 Å². The highest BCUT2D eigenvalue weighted by atomic mass is 79.9. The summed E-state index contributed by atoms with van der Waals surface area (Å²) in [5.41, 5.74) is 2.35. The van der Waals surface area contributed by atoms with Gasteiger partial charge in [-0.05, 0) is 72.2 Å². The van der Waals surface area contributed by atoms with E-state index in [1.807, 2.05) is 36.4 Å². The molecule has 0 aliphatic rings. The molecule has 0 aliphatic heterocycles. The van der Waals surface area contributed by atoms with E-state index in [1.54, 1.807) is 6.07 Å². The average Bonchev–Trinajstić information content (AvgIpc) is 2.71. The summed E-state index contributed by atoms with van der Waals surface area (Å²) in [6.45, 7) is 22.4. The number of benzene rings is 2. The molecule has 4 nitrogen and oxygen atoms in total. The Balaban J connectivity index is 2.53. The van der Waals surface area contributed by atoms with Crippen LogP contribution in [0, 0.1) is 0 Å². The van der Waals surface area contributed by atoms with Gasteiger partial charge in [0.25, 0.3) is 8.32 Å². The molecule has 0 N–H and O–H groups in total. The van der Waals surface area contributed by atoms with E-state index < -0.39 is 16.6 Å². The van der Waals surface area contributed by atoms with Gasteiger partial charge in [-0.25, -0.2) is 4.79 Å². The first-order chi connectivity index (χ1) is 15.9. The molecule has 192 valence electrons. The summed E-state index contributed by atoms with van der Waals surface area (Å²) in [4.78, 5) is 12.0. The maximum absolute atomic E-state index is 12.0. The van der Waals surface area contributed by atoms with Gasteiger partial charge in [0.1, 0.15) is 11.5 Å². The van der Waals surface area contributed by atoms with Crippen molar-refractivity contribution in [3.63, 3.8) is 0 Å². The van der Waals surface area contributed by atoms with Crippen molar-refractivity contribution in [2.45, 2.75) is 77.8 Å². The molecule has 0 saturated heterocycles. The summed E-state index contributed by atoms with van der Waals surface area (Å²) < 4.78 is 19.1. The molecule has 0 aliphatic carbocycles. The van der Waals surface area contributed by atoms with E-state index >= 15 is 0 Å². The van der Waals surface area contributed by atoms with Crippen molar-refractivity contribution < 1.29 is 18.4 Å². The molecule has 7 heteroatoms. The van der Waals surface area contributed by atoms with E-state index in [-0.39, 0.29) is 16.0 Å². The maximum atomic E-state index is 12.0. The van der Waals surface area contributed by atoms with Crippen LogP contribution in [0.25, 0.3) is 12.2 Å². The minimum Gasteiger partial charge on any atom is -0.543 e. The molecule has 0 heterocycles. The van der Waals surface area contributed by atoms with Gasteiger partial charge in [-0.1, -0.05) is 69.6 Å². The zero-order valence-electron chi connectivity index (χ0n) is 23.1. The van der Waals surface area contributed by atoms with Gasteiger partial charge >= 0.3 is 5.97 Å². The van der Waals surface area contributed by atoms with E-state index in [1.165, 1.54) is 7.11 Å². The van der Waals surface area contributed by atoms with Crippen LogP contribution in [-0.2, 0) is 4.74 Å².